The smallest absolute Gasteiger partial charge is 0.234 e. The van der Waals surface area contributed by atoms with E-state index in [1.165, 1.54) is 4.90 Å². The summed E-state index contributed by atoms with van der Waals surface area (Å²) in [5.74, 6) is 0.602. The number of carbonyl (C=O) groups is 2. The van der Waals surface area contributed by atoms with E-state index < -0.39 is 0 Å². The maximum absolute atomic E-state index is 12.0. The molecule has 1 aromatic rings. The summed E-state index contributed by atoms with van der Waals surface area (Å²) in [5, 5.41) is 0. The lowest BCUT2D eigenvalue weighted by Crippen LogP contribution is -2.33. The molecule has 7 heteroatoms. The number of amides is 2. The standard InChI is InChI=1S/C15H19N3O4/c1-17-14(19)9-6-18(7-10(9)15(17)20)8-11-13(22-3)12(21-2)4-5-16-11/h4-5,9-10H,6-8H2,1-3H3/t9-,10+. The van der Waals surface area contributed by atoms with E-state index in [0.717, 1.165) is 5.69 Å². The molecule has 7 nitrogen and oxygen atoms in total. The predicted molar refractivity (Wildman–Crippen MR) is 77.4 cm³/mol. The van der Waals surface area contributed by atoms with Crippen LogP contribution in [0.4, 0.5) is 0 Å². The molecule has 2 aliphatic heterocycles. The van der Waals surface area contributed by atoms with E-state index in [1.807, 2.05) is 0 Å². The number of hydrogen-bond donors (Lipinski definition) is 0. The van der Waals surface area contributed by atoms with Crippen LogP contribution in [0.25, 0.3) is 0 Å². The fourth-order valence-corrected chi connectivity index (χ4v) is 3.30. The molecular formula is C15H19N3O4. The first-order chi connectivity index (χ1) is 10.6. The zero-order chi connectivity index (χ0) is 15.9. The summed E-state index contributed by atoms with van der Waals surface area (Å²) in [4.78, 5) is 31.7. The molecule has 118 valence electrons. The second-order valence-electron chi connectivity index (χ2n) is 5.64. The summed E-state index contributed by atoms with van der Waals surface area (Å²) in [6.07, 6.45) is 1.66. The Hall–Kier alpha value is -2.15. The Labute approximate surface area is 128 Å². The quantitative estimate of drug-likeness (QED) is 0.737. The summed E-state index contributed by atoms with van der Waals surface area (Å²) in [5.41, 5.74) is 0.745. The van der Waals surface area contributed by atoms with Gasteiger partial charge in [0.25, 0.3) is 0 Å². The van der Waals surface area contributed by atoms with Crippen molar-refractivity contribution in [2.24, 2.45) is 11.8 Å². The molecule has 0 aliphatic carbocycles. The molecule has 2 amide bonds. The van der Waals surface area contributed by atoms with Gasteiger partial charge in [-0.05, 0) is 0 Å². The number of imide groups is 1. The molecule has 0 spiro atoms. The molecule has 2 aliphatic rings. The first-order valence-electron chi connectivity index (χ1n) is 7.16. The highest BCUT2D eigenvalue weighted by Gasteiger charge is 2.50. The van der Waals surface area contributed by atoms with Gasteiger partial charge in [-0.15, -0.1) is 0 Å². The maximum atomic E-state index is 12.0. The summed E-state index contributed by atoms with van der Waals surface area (Å²) in [6.45, 7) is 1.67. The van der Waals surface area contributed by atoms with Crippen LogP contribution in [0.3, 0.4) is 0 Å². The van der Waals surface area contributed by atoms with Crippen molar-refractivity contribution in [1.29, 1.82) is 0 Å². The van der Waals surface area contributed by atoms with Crippen LogP contribution >= 0.6 is 0 Å². The van der Waals surface area contributed by atoms with Crippen LogP contribution in [0.2, 0.25) is 0 Å². The Morgan fingerprint density at radius 1 is 1.18 bits per heavy atom. The van der Waals surface area contributed by atoms with Gasteiger partial charge in [0.15, 0.2) is 11.5 Å². The zero-order valence-electron chi connectivity index (χ0n) is 12.9. The van der Waals surface area contributed by atoms with E-state index in [9.17, 15) is 9.59 Å². The van der Waals surface area contributed by atoms with Crippen molar-refractivity contribution in [3.8, 4) is 11.5 Å². The average molecular weight is 305 g/mol. The average Bonchev–Trinajstić information content (AvgIpc) is 3.03. The third kappa shape index (κ3) is 2.21. The van der Waals surface area contributed by atoms with E-state index in [-0.39, 0.29) is 23.7 Å². The minimum atomic E-state index is -0.228. The number of methoxy groups -OCH3 is 2. The van der Waals surface area contributed by atoms with Crippen molar-refractivity contribution < 1.29 is 19.1 Å². The van der Waals surface area contributed by atoms with Crippen LogP contribution in [-0.4, -0.2) is 61.0 Å². The molecule has 0 bridgehead atoms. The van der Waals surface area contributed by atoms with Gasteiger partial charge >= 0.3 is 0 Å². The molecule has 3 rings (SSSR count). The number of carbonyl (C=O) groups excluding carboxylic acids is 2. The van der Waals surface area contributed by atoms with Gasteiger partial charge in [0.05, 0.1) is 26.1 Å². The van der Waals surface area contributed by atoms with E-state index in [0.29, 0.717) is 31.1 Å². The molecule has 0 N–H and O–H groups in total. The highest BCUT2D eigenvalue weighted by atomic mass is 16.5. The lowest BCUT2D eigenvalue weighted by atomic mass is 10.00. The highest BCUT2D eigenvalue weighted by Crippen LogP contribution is 2.35. The molecule has 22 heavy (non-hydrogen) atoms. The SMILES string of the molecule is COc1ccnc(CN2C[C@@H]3C(=O)N(C)C(=O)[C@@H]3C2)c1OC. The van der Waals surface area contributed by atoms with Crippen LogP contribution in [0, 0.1) is 11.8 Å². The lowest BCUT2D eigenvalue weighted by Gasteiger charge is -2.19. The number of likely N-dealkylation sites (tertiary alicyclic amines) is 2. The number of hydrogen-bond acceptors (Lipinski definition) is 6. The van der Waals surface area contributed by atoms with Crippen molar-refractivity contribution in [3.05, 3.63) is 18.0 Å². The number of fused-ring (bicyclic) bond motifs is 1. The maximum Gasteiger partial charge on any atom is 0.234 e. The monoisotopic (exact) mass is 305 g/mol. The normalized spacial score (nSPS) is 24.8. The van der Waals surface area contributed by atoms with Gasteiger partial charge < -0.3 is 9.47 Å². The number of ether oxygens (including phenoxy) is 2. The van der Waals surface area contributed by atoms with Crippen molar-refractivity contribution in [2.45, 2.75) is 6.54 Å². The molecule has 2 fully saturated rings. The molecule has 3 heterocycles. The largest absolute Gasteiger partial charge is 0.493 e. The van der Waals surface area contributed by atoms with Crippen LogP contribution in [-0.2, 0) is 16.1 Å². The first-order valence-corrected chi connectivity index (χ1v) is 7.16. The second kappa shape index (κ2) is 5.57. The van der Waals surface area contributed by atoms with Crippen LogP contribution < -0.4 is 9.47 Å². The van der Waals surface area contributed by atoms with Crippen LogP contribution in [0.15, 0.2) is 12.3 Å². The van der Waals surface area contributed by atoms with Gasteiger partial charge in [0, 0.05) is 38.9 Å². The third-order valence-electron chi connectivity index (χ3n) is 4.43. The summed E-state index contributed by atoms with van der Waals surface area (Å²) in [6, 6.07) is 1.74. The van der Waals surface area contributed by atoms with Crippen molar-refractivity contribution in [2.75, 3.05) is 34.4 Å². The van der Waals surface area contributed by atoms with Gasteiger partial charge in [0.1, 0.15) is 5.69 Å². The van der Waals surface area contributed by atoms with Crippen LogP contribution in [0.5, 0.6) is 11.5 Å². The Kier molecular flexibility index (Phi) is 3.74. The number of pyridine rings is 1. The first kappa shape index (κ1) is 14.8. The minimum absolute atomic E-state index is 0.0805. The molecule has 0 saturated carbocycles. The summed E-state index contributed by atoms with van der Waals surface area (Å²) >= 11 is 0. The predicted octanol–water partition coefficient (Wildman–Crippen LogP) is 0.145. The highest BCUT2D eigenvalue weighted by molar-refractivity contribution is 6.05. The van der Waals surface area contributed by atoms with Gasteiger partial charge in [-0.25, -0.2) is 0 Å². The minimum Gasteiger partial charge on any atom is -0.493 e. The van der Waals surface area contributed by atoms with E-state index in [2.05, 4.69) is 9.88 Å². The van der Waals surface area contributed by atoms with Gasteiger partial charge in [-0.2, -0.15) is 0 Å². The van der Waals surface area contributed by atoms with E-state index in [4.69, 9.17) is 9.47 Å². The topological polar surface area (TPSA) is 72.0 Å². The molecule has 2 atom stereocenters. The second-order valence-corrected chi connectivity index (χ2v) is 5.64. The van der Waals surface area contributed by atoms with Gasteiger partial charge in [-0.1, -0.05) is 0 Å². The van der Waals surface area contributed by atoms with E-state index >= 15 is 0 Å². The number of nitrogens with zero attached hydrogens (tertiary/aromatic N) is 3. The van der Waals surface area contributed by atoms with Gasteiger partial charge in [0.2, 0.25) is 11.8 Å². The molecule has 0 aromatic carbocycles. The van der Waals surface area contributed by atoms with Crippen molar-refractivity contribution >= 4 is 11.8 Å². The molecule has 0 unspecified atom stereocenters. The van der Waals surface area contributed by atoms with Gasteiger partial charge in [-0.3, -0.25) is 24.4 Å². The molecule has 2 saturated heterocycles. The third-order valence-corrected chi connectivity index (χ3v) is 4.43. The zero-order valence-corrected chi connectivity index (χ0v) is 12.9. The molecule has 1 aromatic heterocycles. The number of aromatic nitrogens is 1. The Bertz CT molecular complexity index is 595. The van der Waals surface area contributed by atoms with Crippen LogP contribution in [0.1, 0.15) is 5.69 Å². The lowest BCUT2D eigenvalue weighted by molar-refractivity contribution is -0.138. The fourth-order valence-electron chi connectivity index (χ4n) is 3.30. The van der Waals surface area contributed by atoms with E-state index in [1.54, 1.807) is 33.5 Å². The number of rotatable bonds is 4. The fraction of sp³-hybridized carbons (Fsp3) is 0.533. The molecule has 0 radical (unpaired) electrons. The molecular weight excluding hydrogens is 286 g/mol. The Morgan fingerprint density at radius 3 is 2.36 bits per heavy atom. The summed E-state index contributed by atoms with van der Waals surface area (Å²) < 4.78 is 10.6. The van der Waals surface area contributed by atoms with Crippen molar-refractivity contribution in [3.63, 3.8) is 0 Å². The Balaban J connectivity index is 1.77. The Morgan fingerprint density at radius 2 is 1.82 bits per heavy atom. The summed E-state index contributed by atoms with van der Waals surface area (Å²) in [7, 11) is 4.71. The van der Waals surface area contributed by atoms with Crippen molar-refractivity contribution in [1.82, 2.24) is 14.8 Å².